The normalized spacial score (nSPS) is 11.8. The van der Waals surface area contributed by atoms with Crippen molar-refractivity contribution in [2.24, 2.45) is 0 Å². The summed E-state index contributed by atoms with van der Waals surface area (Å²) in [6, 6.07) is 20.8. The minimum Gasteiger partial charge on any atom is -0.351 e. The first-order chi connectivity index (χ1) is 11.6. The highest BCUT2D eigenvalue weighted by molar-refractivity contribution is 7.80. The lowest BCUT2D eigenvalue weighted by molar-refractivity contribution is 0.784. The van der Waals surface area contributed by atoms with E-state index in [9.17, 15) is 0 Å². The van der Waals surface area contributed by atoms with Gasteiger partial charge in [-0.1, -0.05) is 48.5 Å². The molecule has 0 aliphatic rings. The molecule has 1 heterocycles. The molecule has 0 amide bonds. The summed E-state index contributed by atoms with van der Waals surface area (Å²) in [6.45, 7) is 4.21. The fraction of sp³-hybridized carbons (Fsp3) is 0.150. The molecule has 0 saturated heterocycles. The Morgan fingerprint density at radius 1 is 0.958 bits per heavy atom. The molecule has 0 fully saturated rings. The van der Waals surface area contributed by atoms with Crippen molar-refractivity contribution in [2.75, 3.05) is 5.32 Å². The first kappa shape index (κ1) is 16.7. The zero-order valence-corrected chi connectivity index (χ0v) is 15.4. The maximum Gasteiger partial charge on any atom is 0.171 e. The number of hydrogen-bond donors (Lipinski definition) is 2. The van der Waals surface area contributed by atoms with Gasteiger partial charge in [0.25, 0.3) is 0 Å². The van der Waals surface area contributed by atoms with Crippen molar-refractivity contribution >= 4 is 34.4 Å². The standard InChI is InChI=1S/C20H20N2S2/c1-14-8-6-11-17(15(14)2)21-20(23)22-19(18-12-7-13-24-18)16-9-4-3-5-10-16/h3-13,19H,1-2H3,(H2,21,22,23)/t19-/m1/s1. The second-order valence-electron chi connectivity index (χ2n) is 5.71. The summed E-state index contributed by atoms with van der Waals surface area (Å²) in [6.07, 6.45) is 0. The summed E-state index contributed by atoms with van der Waals surface area (Å²) in [5.41, 5.74) is 4.71. The van der Waals surface area contributed by atoms with Gasteiger partial charge >= 0.3 is 0 Å². The summed E-state index contributed by atoms with van der Waals surface area (Å²) >= 11 is 7.30. The van der Waals surface area contributed by atoms with Crippen molar-refractivity contribution in [1.82, 2.24) is 5.32 Å². The highest BCUT2D eigenvalue weighted by atomic mass is 32.1. The Bertz CT molecular complexity index is 811. The van der Waals surface area contributed by atoms with Gasteiger partial charge in [0.2, 0.25) is 0 Å². The Balaban J connectivity index is 1.80. The van der Waals surface area contributed by atoms with Crippen LogP contribution in [0.1, 0.15) is 27.6 Å². The molecule has 3 rings (SSSR count). The average Bonchev–Trinajstić information content (AvgIpc) is 3.12. The van der Waals surface area contributed by atoms with Gasteiger partial charge in [0.05, 0.1) is 6.04 Å². The molecule has 3 aromatic rings. The highest BCUT2D eigenvalue weighted by Gasteiger charge is 2.16. The van der Waals surface area contributed by atoms with Crippen molar-refractivity contribution in [3.63, 3.8) is 0 Å². The van der Waals surface area contributed by atoms with E-state index in [1.807, 2.05) is 12.1 Å². The molecule has 0 unspecified atom stereocenters. The predicted octanol–water partition coefficient (Wildman–Crippen LogP) is 5.44. The Morgan fingerprint density at radius 3 is 2.46 bits per heavy atom. The third-order valence-corrected chi connectivity index (χ3v) is 5.25. The molecule has 0 aliphatic carbocycles. The van der Waals surface area contributed by atoms with E-state index in [0.29, 0.717) is 5.11 Å². The van der Waals surface area contributed by atoms with Crippen LogP contribution in [0.15, 0.2) is 66.0 Å². The van der Waals surface area contributed by atoms with Crippen LogP contribution in [0.5, 0.6) is 0 Å². The van der Waals surface area contributed by atoms with Crippen LogP contribution in [-0.2, 0) is 0 Å². The fourth-order valence-corrected chi connectivity index (χ4v) is 3.63. The number of nitrogens with one attached hydrogen (secondary N) is 2. The van der Waals surface area contributed by atoms with E-state index in [-0.39, 0.29) is 6.04 Å². The molecule has 122 valence electrons. The number of thiophene rings is 1. The lowest BCUT2D eigenvalue weighted by Gasteiger charge is -2.21. The van der Waals surface area contributed by atoms with E-state index >= 15 is 0 Å². The van der Waals surface area contributed by atoms with Crippen LogP contribution in [0, 0.1) is 13.8 Å². The van der Waals surface area contributed by atoms with Gasteiger partial charge in [-0.2, -0.15) is 0 Å². The Morgan fingerprint density at radius 2 is 1.75 bits per heavy atom. The van der Waals surface area contributed by atoms with Crippen LogP contribution in [0.4, 0.5) is 5.69 Å². The third kappa shape index (κ3) is 3.83. The molecule has 0 spiro atoms. The van der Waals surface area contributed by atoms with Crippen molar-refractivity contribution in [3.8, 4) is 0 Å². The summed E-state index contributed by atoms with van der Waals surface area (Å²) < 4.78 is 0. The monoisotopic (exact) mass is 352 g/mol. The molecule has 1 aromatic heterocycles. The van der Waals surface area contributed by atoms with Gasteiger partial charge in [-0.25, -0.2) is 0 Å². The lowest BCUT2D eigenvalue weighted by atomic mass is 10.1. The molecule has 1 atom stereocenters. The summed E-state index contributed by atoms with van der Waals surface area (Å²) in [7, 11) is 0. The lowest BCUT2D eigenvalue weighted by Crippen LogP contribution is -2.32. The Hall–Kier alpha value is -2.17. The van der Waals surface area contributed by atoms with Crippen molar-refractivity contribution < 1.29 is 0 Å². The number of thiocarbonyl (C=S) groups is 1. The van der Waals surface area contributed by atoms with Gasteiger partial charge in [-0.05, 0) is 60.3 Å². The third-order valence-electron chi connectivity index (χ3n) is 4.09. The summed E-state index contributed by atoms with van der Waals surface area (Å²) in [5, 5.41) is 9.52. The van der Waals surface area contributed by atoms with Crippen molar-refractivity contribution in [3.05, 3.63) is 87.6 Å². The van der Waals surface area contributed by atoms with Crippen LogP contribution in [-0.4, -0.2) is 5.11 Å². The molecule has 24 heavy (non-hydrogen) atoms. The van der Waals surface area contributed by atoms with Crippen LogP contribution in [0.25, 0.3) is 0 Å². The first-order valence-electron chi connectivity index (χ1n) is 7.87. The highest BCUT2D eigenvalue weighted by Crippen LogP contribution is 2.26. The number of aryl methyl sites for hydroxylation is 1. The minimum absolute atomic E-state index is 0.0521. The van der Waals surface area contributed by atoms with Crippen LogP contribution in [0.3, 0.4) is 0 Å². The zero-order chi connectivity index (χ0) is 16.9. The molecule has 4 heteroatoms. The van der Waals surface area contributed by atoms with Crippen LogP contribution in [0.2, 0.25) is 0 Å². The number of hydrogen-bond acceptors (Lipinski definition) is 2. The number of rotatable bonds is 4. The molecule has 2 aromatic carbocycles. The second-order valence-corrected chi connectivity index (χ2v) is 7.09. The molecular weight excluding hydrogens is 332 g/mol. The van der Waals surface area contributed by atoms with E-state index in [1.165, 1.54) is 21.6 Å². The van der Waals surface area contributed by atoms with E-state index < -0.39 is 0 Å². The number of anilines is 1. The van der Waals surface area contributed by atoms with Gasteiger partial charge in [0.1, 0.15) is 0 Å². The second kappa shape index (κ2) is 7.60. The quantitative estimate of drug-likeness (QED) is 0.611. The number of benzene rings is 2. The molecule has 2 nitrogen and oxygen atoms in total. The van der Waals surface area contributed by atoms with Crippen LogP contribution < -0.4 is 10.6 Å². The van der Waals surface area contributed by atoms with E-state index in [1.54, 1.807) is 11.3 Å². The maximum absolute atomic E-state index is 5.57. The molecular formula is C20H20N2S2. The van der Waals surface area contributed by atoms with E-state index in [4.69, 9.17) is 12.2 Å². The van der Waals surface area contributed by atoms with Gasteiger partial charge in [0, 0.05) is 10.6 Å². The average molecular weight is 353 g/mol. The summed E-state index contributed by atoms with van der Waals surface area (Å²) in [4.78, 5) is 1.24. The van der Waals surface area contributed by atoms with Gasteiger partial charge in [0.15, 0.2) is 5.11 Å². The van der Waals surface area contributed by atoms with E-state index in [0.717, 1.165) is 5.69 Å². The molecule has 0 saturated carbocycles. The van der Waals surface area contributed by atoms with E-state index in [2.05, 4.69) is 78.4 Å². The predicted molar refractivity (Wildman–Crippen MR) is 108 cm³/mol. The molecule has 0 bridgehead atoms. The van der Waals surface area contributed by atoms with Gasteiger partial charge < -0.3 is 10.6 Å². The topological polar surface area (TPSA) is 24.1 Å². The van der Waals surface area contributed by atoms with Crippen LogP contribution >= 0.6 is 23.6 Å². The molecule has 0 radical (unpaired) electrons. The Labute approximate surface area is 152 Å². The first-order valence-corrected chi connectivity index (χ1v) is 9.16. The molecule has 2 N–H and O–H groups in total. The van der Waals surface area contributed by atoms with Crippen molar-refractivity contribution in [2.45, 2.75) is 19.9 Å². The minimum atomic E-state index is 0.0521. The smallest absolute Gasteiger partial charge is 0.171 e. The SMILES string of the molecule is Cc1cccc(NC(=S)N[C@H](c2ccccc2)c2cccs2)c1C. The zero-order valence-electron chi connectivity index (χ0n) is 13.7. The largest absolute Gasteiger partial charge is 0.351 e. The maximum atomic E-state index is 5.57. The van der Waals surface area contributed by atoms with Gasteiger partial charge in [-0.15, -0.1) is 11.3 Å². The molecule has 0 aliphatic heterocycles. The summed E-state index contributed by atoms with van der Waals surface area (Å²) in [5.74, 6) is 0. The van der Waals surface area contributed by atoms with Gasteiger partial charge in [-0.3, -0.25) is 0 Å². The Kier molecular flexibility index (Phi) is 5.28. The fourth-order valence-electron chi connectivity index (χ4n) is 2.60. The van der Waals surface area contributed by atoms with Crippen molar-refractivity contribution in [1.29, 1.82) is 0 Å².